The van der Waals surface area contributed by atoms with Gasteiger partial charge >= 0.3 is 0 Å². The second-order valence-electron chi connectivity index (χ2n) is 3.70. The first-order valence-corrected chi connectivity index (χ1v) is 5.09. The highest BCUT2D eigenvalue weighted by Crippen LogP contribution is 2.16. The molecule has 0 heterocycles. The van der Waals surface area contributed by atoms with E-state index in [1.165, 1.54) is 0 Å². The summed E-state index contributed by atoms with van der Waals surface area (Å²) in [4.78, 5) is 10.7. The Morgan fingerprint density at radius 2 is 1.67 bits per heavy atom. The van der Waals surface area contributed by atoms with Crippen LogP contribution < -0.4 is 0 Å². The fraction of sp³-hybridized carbons (Fsp3) is 0.889. The molecule has 0 bridgehead atoms. The van der Waals surface area contributed by atoms with Crippen LogP contribution in [0.1, 0.15) is 0 Å². The van der Waals surface area contributed by atoms with Crippen molar-refractivity contribution in [1.82, 2.24) is 0 Å². The minimum atomic E-state index is -2.88. The molecule has 18 heavy (non-hydrogen) atoms. The summed E-state index contributed by atoms with van der Waals surface area (Å²) in [5.41, 5.74) is 0. The molecule has 0 aromatic carbocycles. The summed E-state index contributed by atoms with van der Waals surface area (Å²) >= 11 is 0. The summed E-state index contributed by atoms with van der Waals surface area (Å²) in [6, 6.07) is 0. The van der Waals surface area contributed by atoms with Crippen LogP contribution in [0.2, 0.25) is 0 Å². The Kier molecular flexibility index (Phi) is 7.43. The molecule has 108 valence electrons. The number of carbonyl (C=O) groups excluding carboxylic acids is 1. The van der Waals surface area contributed by atoms with Gasteiger partial charge in [0.2, 0.25) is 0 Å². The van der Waals surface area contributed by atoms with Gasteiger partial charge in [-0.25, -0.2) is 0 Å². The predicted molar refractivity (Wildman–Crippen MR) is 55.2 cm³/mol. The van der Waals surface area contributed by atoms with Gasteiger partial charge in [-0.05, 0) is 0 Å². The predicted octanol–water partition coefficient (Wildman–Crippen LogP) is -4.68. The molecule has 0 fully saturated rings. The van der Waals surface area contributed by atoms with E-state index in [9.17, 15) is 20.1 Å². The molecule has 1 unspecified atom stereocenters. The van der Waals surface area contributed by atoms with Gasteiger partial charge in [-0.1, -0.05) is 0 Å². The molecule has 0 rings (SSSR count). The first-order chi connectivity index (χ1) is 8.32. The van der Waals surface area contributed by atoms with E-state index in [4.69, 9.17) is 20.4 Å². The molecule has 0 radical (unpaired) electrons. The zero-order chi connectivity index (χ0) is 14.3. The number of ether oxygens (including phenoxy) is 1. The van der Waals surface area contributed by atoms with Crippen molar-refractivity contribution in [1.29, 1.82) is 0 Å². The maximum absolute atomic E-state index is 10.7. The minimum Gasteiger partial charge on any atom is -0.394 e. The summed E-state index contributed by atoms with van der Waals surface area (Å²) in [6.07, 6.45) is -7.73. The van der Waals surface area contributed by atoms with Crippen molar-refractivity contribution in [2.75, 3.05) is 19.8 Å². The standard InChI is InChI=1S/C9H18O9/c10-1-5(13)3-18-9(17,4-12)8(16)7(15)6(14)2-11/h4-8,10-11,13-17H,1-3H2/t5?,6-,7-,8+,9-/m1/s1. The fourth-order valence-corrected chi connectivity index (χ4v) is 1.03. The lowest BCUT2D eigenvalue weighted by Crippen LogP contribution is -2.57. The monoisotopic (exact) mass is 270 g/mol. The van der Waals surface area contributed by atoms with Crippen molar-refractivity contribution in [3.8, 4) is 0 Å². The number of hydrogen-bond donors (Lipinski definition) is 7. The third kappa shape index (κ3) is 4.55. The number of aliphatic hydroxyl groups excluding tert-OH is 6. The number of carbonyl (C=O) groups is 1. The second kappa shape index (κ2) is 7.71. The molecule has 0 spiro atoms. The summed E-state index contributed by atoms with van der Waals surface area (Å²) in [5, 5.41) is 63.4. The highest BCUT2D eigenvalue weighted by atomic mass is 16.6. The van der Waals surface area contributed by atoms with Crippen molar-refractivity contribution in [2.24, 2.45) is 0 Å². The molecule has 7 N–H and O–H groups in total. The van der Waals surface area contributed by atoms with Crippen LogP contribution in [0.5, 0.6) is 0 Å². The average Bonchev–Trinajstić information content (AvgIpc) is 2.41. The highest BCUT2D eigenvalue weighted by Gasteiger charge is 2.44. The molecule has 0 saturated carbocycles. The Hall–Kier alpha value is -0.650. The lowest BCUT2D eigenvalue weighted by atomic mass is 10.0. The molecular formula is C9H18O9. The molecule has 0 aliphatic carbocycles. The van der Waals surface area contributed by atoms with Crippen LogP contribution in [-0.2, 0) is 9.53 Å². The van der Waals surface area contributed by atoms with Gasteiger partial charge in [0.25, 0.3) is 5.79 Å². The van der Waals surface area contributed by atoms with E-state index in [1.54, 1.807) is 0 Å². The Bertz CT molecular complexity index is 248. The van der Waals surface area contributed by atoms with E-state index in [2.05, 4.69) is 4.74 Å². The lowest BCUT2D eigenvalue weighted by molar-refractivity contribution is -0.266. The Morgan fingerprint density at radius 3 is 2.06 bits per heavy atom. The highest BCUT2D eigenvalue weighted by molar-refractivity contribution is 5.61. The zero-order valence-corrected chi connectivity index (χ0v) is 9.46. The molecule has 0 aliphatic heterocycles. The molecule has 9 heteroatoms. The first-order valence-electron chi connectivity index (χ1n) is 5.09. The van der Waals surface area contributed by atoms with Gasteiger partial charge in [-0.3, -0.25) is 4.79 Å². The van der Waals surface area contributed by atoms with Gasteiger partial charge < -0.3 is 40.5 Å². The van der Waals surface area contributed by atoms with Crippen LogP contribution in [0.15, 0.2) is 0 Å². The van der Waals surface area contributed by atoms with Gasteiger partial charge in [0, 0.05) is 0 Å². The summed E-state index contributed by atoms with van der Waals surface area (Å²) in [6.45, 7) is -2.30. The molecule has 0 aromatic rings. The molecule has 9 nitrogen and oxygen atoms in total. The number of aliphatic hydroxyl groups is 7. The van der Waals surface area contributed by atoms with Gasteiger partial charge in [-0.15, -0.1) is 0 Å². The SMILES string of the molecule is O=C[C@@](O)(OCC(O)CO)[C@@H](O)[C@H](O)[C@H](O)CO. The average molecular weight is 270 g/mol. The van der Waals surface area contributed by atoms with Crippen LogP contribution in [-0.4, -0.2) is 92.1 Å². The van der Waals surface area contributed by atoms with Crippen molar-refractivity contribution < 1.29 is 45.3 Å². The Balaban J connectivity index is 4.65. The first kappa shape index (κ1) is 17.4. The quantitative estimate of drug-likeness (QED) is 0.161. The number of rotatable bonds is 9. The summed E-state index contributed by atoms with van der Waals surface area (Å²) in [5.74, 6) is -2.88. The van der Waals surface area contributed by atoms with Crippen LogP contribution in [0.4, 0.5) is 0 Å². The zero-order valence-electron chi connectivity index (χ0n) is 9.46. The van der Waals surface area contributed by atoms with Crippen molar-refractivity contribution >= 4 is 6.29 Å². The van der Waals surface area contributed by atoms with Crippen molar-refractivity contribution in [2.45, 2.75) is 30.2 Å². The van der Waals surface area contributed by atoms with Crippen molar-refractivity contribution in [3.63, 3.8) is 0 Å². The maximum Gasteiger partial charge on any atom is 0.253 e. The second-order valence-corrected chi connectivity index (χ2v) is 3.70. The molecule has 5 atom stereocenters. The van der Waals surface area contributed by atoms with Crippen LogP contribution in [0.25, 0.3) is 0 Å². The van der Waals surface area contributed by atoms with Crippen molar-refractivity contribution in [3.05, 3.63) is 0 Å². The van der Waals surface area contributed by atoms with E-state index in [-0.39, 0.29) is 6.29 Å². The van der Waals surface area contributed by atoms with Crippen LogP contribution >= 0.6 is 0 Å². The van der Waals surface area contributed by atoms with E-state index < -0.39 is 50.0 Å². The molecular weight excluding hydrogens is 252 g/mol. The maximum atomic E-state index is 10.7. The van der Waals surface area contributed by atoms with Gasteiger partial charge in [0.15, 0.2) is 6.29 Å². The van der Waals surface area contributed by atoms with Gasteiger partial charge in [0.1, 0.15) is 24.4 Å². The van der Waals surface area contributed by atoms with Crippen LogP contribution in [0.3, 0.4) is 0 Å². The van der Waals surface area contributed by atoms with E-state index >= 15 is 0 Å². The summed E-state index contributed by atoms with van der Waals surface area (Å²) < 4.78 is 4.48. The molecule has 0 aliphatic rings. The largest absolute Gasteiger partial charge is 0.394 e. The van der Waals surface area contributed by atoms with Gasteiger partial charge in [-0.2, -0.15) is 0 Å². The van der Waals surface area contributed by atoms with Crippen LogP contribution in [0, 0.1) is 0 Å². The summed E-state index contributed by atoms with van der Waals surface area (Å²) in [7, 11) is 0. The Morgan fingerprint density at radius 1 is 1.11 bits per heavy atom. The fourth-order valence-electron chi connectivity index (χ4n) is 1.03. The number of hydrogen-bond acceptors (Lipinski definition) is 9. The lowest BCUT2D eigenvalue weighted by Gasteiger charge is -2.32. The minimum absolute atomic E-state index is 0.241. The van der Waals surface area contributed by atoms with E-state index in [0.29, 0.717) is 0 Å². The Labute approximate surface area is 102 Å². The molecule has 0 aromatic heterocycles. The molecule has 0 amide bonds. The normalized spacial score (nSPS) is 21.7. The van der Waals surface area contributed by atoms with E-state index in [0.717, 1.165) is 0 Å². The van der Waals surface area contributed by atoms with Gasteiger partial charge in [0.05, 0.1) is 19.8 Å². The third-order valence-electron chi connectivity index (χ3n) is 2.22. The smallest absolute Gasteiger partial charge is 0.253 e. The topological polar surface area (TPSA) is 168 Å². The molecule has 0 saturated heterocycles. The van der Waals surface area contributed by atoms with E-state index in [1.807, 2.05) is 0 Å². The third-order valence-corrected chi connectivity index (χ3v) is 2.22. The number of aldehydes is 1.